The van der Waals surface area contributed by atoms with E-state index in [0.29, 0.717) is 6.42 Å². The molecule has 0 saturated carbocycles. The van der Waals surface area contributed by atoms with Crippen molar-refractivity contribution in [1.29, 1.82) is 0 Å². The monoisotopic (exact) mass is 510 g/mol. The summed E-state index contributed by atoms with van der Waals surface area (Å²) < 4.78 is 45.1. The van der Waals surface area contributed by atoms with Gasteiger partial charge in [0.1, 0.15) is 0 Å². The molecule has 0 amide bonds. The molecule has 7 heteroatoms. The van der Waals surface area contributed by atoms with Gasteiger partial charge in [-0.2, -0.15) is 0 Å². The number of benzene rings is 3. The maximum absolute atomic E-state index is 13.2. The van der Waals surface area contributed by atoms with Crippen molar-refractivity contribution in [3.63, 3.8) is 0 Å². The molecule has 3 atom stereocenters. The van der Waals surface area contributed by atoms with Crippen molar-refractivity contribution in [1.82, 2.24) is 9.44 Å². The SMILES string of the molecule is Cc1ccc(S(=O)(=O)N[C@H](/C=C/c2ccccc2)C[C@H](N[S@@](=O)C(C)(C)C)c2ccccc2)cc1. The second kappa shape index (κ2) is 11.9. The highest BCUT2D eigenvalue weighted by Crippen LogP contribution is 2.24. The summed E-state index contributed by atoms with van der Waals surface area (Å²) in [5.41, 5.74) is 2.90. The van der Waals surface area contributed by atoms with Crippen LogP contribution in [-0.4, -0.2) is 23.4 Å². The minimum absolute atomic E-state index is 0.212. The van der Waals surface area contributed by atoms with Gasteiger partial charge in [0.05, 0.1) is 20.6 Å². The molecule has 3 aromatic carbocycles. The van der Waals surface area contributed by atoms with E-state index >= 15 is 0 Å². The number of hydrogen-bond donors (Lipinski definition) is 2. The van der Waals surface area contributed by atoms with E-state index in [2.05, 4.69) is 9.44 Å². The van der Waals surface area contributed by atoms with Crippen LogP contribution in [0.25, 0.3) is 6.08 Å². The van der Waals surface area contributed by atoms with Gasteiger partial charge in [-0.1, -0.05) is 90.5 Å². The van der Waals surface area contributed by atoms with Crippen molar-refractivity contribution in [3.8, 4) is 0 Å². The van der Waals surface area contributed by atoms with Crippen LogP contribution >= 0.6 is 0 Å². The molecule has 3 aromatic rings. The molecule has 35 heavy (non-hydrogen) atoms. The number of aryl methyl sites for hydroxylation is 1. The van der Waals surface area contributed by atoms with Gasteiger partial charge in [-0.3, -0.25) is 0 Å². The Morgan fingerprint density at radius 3 is 2.03 bits per heavy atom. The molecule has 0 bridgehead atoms. The van der Waals surface area contributed by atoms with Gasteiger partial charge in [0.15, 0.2) is 0 Å². The molecule has 0 aliphatic carbocycles. The zero-order valence-corrected chi connectivity index (χ0v) is 22.3. The van der Waals surface area contributed by atoms with E-state index in [4.69, 9.17) is 0 Å². The highest BCUT2D eigenvalue weighted by atomic mass is 32.2. The third-order valence-corrected chi connectivity index (χ3v) is 8.57. The zero-order valence-electron chi connectivity index (χ0n) is 20.6. The molecule has 0 aromatic heterocycles. The van der Waals surface area contributed by atoms with E-state index in [9.17, 15) is 12.6 Å². The Morgan fingerprint density at radius 2 is 1.46 bits per heavy atom. The van der Waals surface area contributed by atoms with Crippen molar-refractivity contribution in [3.05, 3.63) is 108 Å². The van der Waals surface area contributed by atoms with E-state index in [1.165, 1.54) is 0 Å². The van der Waals surface area contributed by atoms with E-state index in [1.54, 1.807) is 24.3 Å². The van der Waals surface area contributed by atoms with Crippen molar-refractivity contribution >= 4 is 27.1 Å². The highest BCUT2D eigenvalue weighted by molar-refractivity contribution is 7.89. The first kappa shape index (κ1) is 27.0. The third kappa shape index (κ3) is 8.25. The van der Waals surface area contributed by atoms with Gasteiger partial charge in [-0.05, 0) is 57.4 Å². The van der Waals surface area contributed by atoms with Crippen LogP contribution in [0.15, 0.2) is 95.9 Å². The first-order chi connectivity index (χ1) is 16.5. The predicted octanol–water partition coefficient (Wildman–Crippen LogP) is 5.54. The lowest BCUT2D eigenvalue weighted by molar-refractivity contribution is 0.513. The van der Waals surface area contributed by atoms with Crippen LogP contribution in [0, 0.1) is 6.92 Å². The Morgan fingerprint density at radius 1 is 0.886 bits per heavy atom. The van der Waals surface area contributed by atoms with Crippen LogP contribution in [0.3, 0.4) is 0 Å². The van der Waals surface area contributed by atoms with Crippen molar-refractivity contribution in [2.45, 2.75) is 55.8 Å². The molecule has 5 nitrogen and oxygen atoms in total. The summed E-state index contributed by atoms with van der Waals surface area (Å²) in [6.45, 7) is 7.64. The Kier molecular flexibility index (Phi) is 9.19. The number of rotatable bonds is 10. The summed E-state index contributed by atoms with van der Waals surface area (Å²) in [5, 5.41) is 0. The van der Waals surface area contributed by atoms with Crippen molar-refractivity contribution in [2.24, 2.45) is 0 Å². The Hall–Kier alpha value is -2.58. The third-order valence-electron chi connectivity index (χ3n) is 5.46. The van der Waals surface area contributed by atoms with Crippen LogP contribution in [0.5, 0.6) is 0 Å². The minimum Gasteiger partial charge on any atom is -0.242 e. The van der Waals surface area contributed by atoms with Gasteiger partial charge in [0.25, 0.3) is 0 Å². The molecule has 0 unspecified atom stereocenters. The molecule has 0 spiro atoms. The van der Waals surface area contributed by atoms with Crippen LogP contribution in [0.4, 0.5) is 0 Å². The maximum Gasteiger partial charge on any atom is 0.241 e. The van der Waals surface area contributed by atoms with Crippen molar-refractivity contribution in [2.75, 3.05) is 0 Å². The molecule has 3 rings (SSSR count). The van der Waals surface area contributed by atoms with Crippen LogP contribution in [0.2, 0.25) is 0 Å². The Balaban J connectivity index is 1.94. The molecule has 0 radical (unpaired) electrons. The Bertz CT molecular complexity index is 1230. The summed E-state index contributed by atoms with van der Waals surface area (Å²) in [4.78, 5) is 0.212. The van der Waals surface area contributed by atoms with Crippen molar-refractivity contribution < 1.29 is 12.6 Å². The molecule has 0 aliphatic rings. The fourth-order valence-electron chi connectivity index (χ4n) is 3.44. The van der Waals surface area contributed by atoms with Gasteiger partial charge in [0, 0.05) is 12.1 Å². The van der Waals surface area contributed by atoms with Crippen LogP contribution in [0.1, 0.15) is 49.9 Å². The summed E-state index contributed by atoms with van der Waals surface area (Å²) >= 11 is 0. The number of nitrogens with one attached hydrogen (secondary N) is 2. The number of hydrogen-bond acceptors (Lipinski definition) is 3. The molecule has 186 valence electrons. The zero-order chi connectivity index (χ0) is 25.5. The van der Waals surface area contributed by atoms with Crippen LogP contribution < -0.4 is 9.44 Å². The molecule has 0 fully saturated rings. The highest BCUT2D eigenvalue weighted by Gasteiger charge is 2.27. The average Bonchev–Trinajstić information content (AvgIpc) is 2.82. The average molecular weight is 511 g/mol. The molecule has 2 N–H and O–H groups in total. The topological polar surface area (TPSA) is 75.3 Å². The standard InChI is InChI=1S/C28H34N2O3S2/c1-22-15-19-26(20-16-22)35(32,33)30-25(18-17-23-11-7-5-8-12-23)21-27(24-13-9-6-10-14-24)29-34(31)28(2,3)4/h5-20,25,27,29-30H,21H2,1-4H3/b18-17+/t25-,27+,34+/m1/s1. The first-order valence-electron chi connectivity index (χ1n) is 11.6. The smallest absolute Gasteiger partial charge is 0.241 e. The normalized spacial score (nSPS) is 15.1. The summed E-state index contributed by atoms with van der Waals surface area (Å²) in [7, 11) is -5.11. The van der Waals surface area contributed by atoms with Gasteiger partial charge in [0.2, 0.25) is 10.0 Å². The van der Waals surface area contributed by atoms with E-state index in [-0.39, 0.29) is 10.9 Å². The molecular formula is C28H34N2O3S2. The fraction of sp³-hybridized carbons (Fsp3) is 0.286. The molecule has 0 saturated heterocycles. The lowest BCUT2D eigenvalue weighted by Gasteiger charge is -2.27. The van der Waals surface area contributed by atoms with Gasteiger partial charge in [-0.15, -0.1) is 0 Å². The fourth-order valence-corrected chi connectivity index (χ4v) is 5.49. The Labute approximate surface area is 212 Å². The maximum atomic E-state index is 13.2. The number of sulfonamides is 1. The van der Waals surface area contributed by atoms with Gasteiger partial charge < -0.3 is 0 Å². The summed E-state index contributed by atoms with van der Waals surface area (Å²) in [6.07, 6.45) is 4.14. The van der Waals surface area contributed by atoms with E-state index in [1.807, 2.05) is 101 Å². The van der Waals surface area contributed by atoms with E-state index in [0.717, 1.165) is 16.7 Å². The first-order valence-corrected chi connectivity index (χ1v) is 14.2. The van der Waals surface area contributed by atoms with E-state index < -0.39 is 31.8 Å². The summed E-state index contributed by atoms with van der Waals surface area (Å²) in [5.74, 6) is 0. The lowest BCUT2D eigenvalue weighted by atomic mass is 10.00. The summed E-state index contributed by atoms with van der Waals surface area (Å²) in [6, 6.07) is 25.3. The van der Waals surface area contributed by atoms with Gasteiger partial charge >= 0.3 is 0 Å². The molecular weight excluding hydrogens is 476 g/mol. The lowest BCUT2D eigenvalue weighted by Crippen LogP contribution is -2.40. The van der Waals surface area contributed by atoms with Gasteiger partial charge in [-0.25, -0.2) is 22.1 Å². The van der Waals surface area contributed by atoms with Crippen LogP contribution in [-0.2, 0) is 21.0 Å². The second-order valence-electron chi connectivity index (χ2n) is 9.51. The quantitative estimate of drug-likeness (QED) is 0.376. The minimum atomic E-state index is -3.77. The predicted molar refractivity (Wildman–Crippen MR) is 146 cm³/mol. The molecule has 0 aliphatic heterocycles. The second-order valence-corrected chi connectivity index (χ2v) is 13.2. The largest absolute Gasteiger partial charge is 0.242 e. The molecule has 0 heterocycles.